The topological polar surface area (TPSA) is 95.8 Å². The van der Waals surface area contributed by atoms with E-state index in [0.717, 1.165) is 12.1 Å². The number of hydrogen-bond donors (Lipinski definition) is 3. The van der Waals surface area contributed by atoms with Gasteiger partial charge in [0.05, 0.1) is 24.0 Å². The summed E-state index contributed by atoms with van der Waals surface area (Å²) in [6.07, 6.45) is 0.469. The summed E-state index contributed by atoms with van der Waals surface area (Å²) in [5.74, 6) is -0.595. The van der Waals surface area contributed by atoms with Gasteiger partial charge in [-0.15, -0.1) is 0 Å². The zero-order valence-corrected chi connectivity index (χ0v) is 19.8. The number of halogens is 4. The van der Waals surface area contributed by atoms with Crippen molar-refractivity contribution in [3.63, 3.8) is 0 Å². The average molecular weight is 512 g/mol. The minimum atomic E-state index is -4.45. The number of benzene rings is 1. The van der Waals surface area contributed by atoms with E-state index in [1.807, 2.05) is 0 Å². The van der Waals surface area contributed by atoms with E-state index in [1.165, 1.54) is 12.1 Å². The maximum atomic E-state index is 13.5. The fourth-order valence-corrected chi connectivity index (χ4v) is 4.00. The van der Waals surface area contributed by atoms with Crippen molar-refractivity contribution in [1.29, 1.82) is 5.41 Å². The van der Waals surface area contributed by atoms with Gasteiger partial charge in [0.2, 0.25) is 0 Å². The van der Waals surface area contributed by atoms with Gasteiger partial charge in [-0.05, 0) is 35.9 Å². The molecule has 192 valence electrons. The minimum absolute atomic E-state index is 0.168. The summed E-state index contributed by atoms with van der Waals surface area (Å²) in [6, 6.07) is 6.29. The van der Waals surface area contributed by atoms with E-state index >= 15 is 0 Å². The molecular formula is C26H25F4N7. The summed E-state index contributed by atoms with van der Waals surface area (Å²) in [4.78, 5) is 6.08. The van der Waals surface area contributed by atoms with Gasteiger partial charge in [0.15, 0.2) is 0 Å². The van der Waals surface area contributed by atoms with Crippen LogP contribution < -0.4 is 11.1 Å². The predicted molar refractivity (Wildman–Crippen MR) is 135 cm³/mol. The highest BCUT2D eigenvalue weighted by Gasteiger charge is 2.35. The second-order valence-corrected chi connectivity index (χ2v) is 8.73. The first-order chi connectivity index (χ1) is 17.4. The fraction of sp³-hybridized carbons (Fsp3) is 0.192. The van der Waals surface area contributed by atoms with Crippen molar-refractivity contribution in [2.75, 3.05) is 18.4 Å². The Labute approximate surface area is 211 Å². The molecule has 0 atom stereocenters. The summed E-state index contributed by atoms with van der Waals surface area (Å²) in [7, 11) is 0. The van der Waals surface area contributed by atoms with E-state index in [2.05, 4.69) is 35.1 Å². The lowest BCUT2D eigenvalue weighted by atomic mass is 9.86. The smallest absolute Gasteiger partial charge is 0.401 e. The zero-order chi connectivity index (χ0) is 26.9. The highest BCUT2D eigenvalue weighted by molar-refractivity contribution is 6.10. The molecule has 0 spiro atoms. The molecule has 37 heavy (non-hydrogen) atoms. The summed E-state index contributed by atoms with van der Waals surface area (Å²) < 4.78 is 54.1. The first kappa shape index (κ1) is 25.7. The third-order valence-corrected chi connectivity index (χ3v) is 5.99. The van der Waals surface area contributed by atoms with Crippen molar-refractivity contribution in [2.24, 2.45) is 11.7 Å². The molecule has 0 aliphatic carbocycles. The molecule has 0 radical (unpaired) electrons. The second-order valence-electron chi connectivity index (χ2n) is 8.73. The molecule has 3 aromatic rings. The Hall–Kier alpha value is -4.41. The van der Waals surface area contributed by atoms with Crippen LogP contribution in [0.15, 0.2) is 85.9 Å². The second kappa shape index (κ2) is 9.92. The SMILES string of the molecule is C=C(N)Cn1cc(-c2ccnc(Nc3ccc(C(F)(F)F)cc3)c2C(=N)C2CN(C(=C)C(=C)F)C2)cn1. The molecule has 1 aromatic carbocycles. The van der Waals surface area contributed by atoms with Gasteiger partial charge in [0, 0.05) is 59.6 Å². The minimum Gasteiger partial charge on any atom is -0.401 e. The van der Waals surface area contributed by atoms with E-state index in [1.54, 1.807) is 34.2 Å². The van der Waals surface area contributed by atoms with Crippen molar-refractivity contribution in [3.8, 4) is 11.1 Å². The lowest BCUT2D eigenvalue weighted by Crippen LogP contribution is -2.49. The molecule has 1 fully saturated rings. The Morgan fingerprint density at radius 2 is 1.81 bits per heavy atom. The third-order valence-electron chi connectivity index (χ3n) is 5.99. The molecule has 1 saturated heterocycles. The van der Waals surface area contributed by atoms with E-state index in [0.29, 0.717) is 53.5 Å². The monoisotopic (exact) mass is 511 g/mol. The Kier molecular flexibility index (Phi) is 6.88. The predicted octanol–water partition coefficient (Wildman–Crippen LogP) is 5.48. The maximum absolute atomic E-state index is 13.5. The lowest BCUT2D eigenvalue weighted by molar-refractivity contribution is -0.137. The van der Waals surface area contributed by atoms with Gasteiger partial charge in [0.25, 0.3) is 0 Å². The van der Waals surface area contributed by atoms with Crippen molar-refractivity contribution in [1.82, 2.24) is 19.7 Å². The molecule has 1 aliphatic rings. The Morgan fingerprint density at radius 1 is 1.14 bits per heavy atom. The van der Waals surface area contributed by atoms with Gasteiger partial charge >= 0.3 is 6.18 Å². The van der Waals surface area contributed by atoms with Crippen LogP contribution in [0.2, 0.25) is 0 Å². The number of aromatic nitrogens is 3. The van der Waals surface area contributed by atoms with Crippen LogP contribution in [-0.2, 0) is 12.7 Å². The van der Waals surface area contributed by atoms with Crippen LogP contribution in [0.4, 0.5) is 29.1 Å². The van der Waals surface area contributed by atoms with Crippen LogP contribution in [0.1, 0.15) is 11.1 Å². The fourth-order valence-electron chi connectivity index (χ4n) is 4.00. The quantitative estimate of drug-likeness (QED) is 0.201. The molecular weight excluding hydrogens is 486 g/mol. The van der Waals surface area contributed by atoms with Gasteiger partial charge in [-0.1, -0.05) is 19.7 Å². The first-order valence-corrected chi connectivity index (χ1v) is 11.2. The Morgan fingerprint density at radius 3 is 2.41 bits per heavy atom. The number of likely N-dealkylation sites (tertiary alicyclic amines) is 1. The highest BCUT2D eigenvalue weighted by Crippen LogP contribution is 2.36. The Balaban J connectivity index is 1.69. The molecule has 11 heteroatoms. The molecule has 1 aliphatic heterocycles. The van der Waals surface area contributed by atoms with E-state index < -0.39 is 17.6 Å². The number of nitrogens with two attached hydrogens (primary N) is 1. The molecule has 3 heterocycles. The number of pyridine rings is 1. The van der Waals surface area contributed by atoms with Crippen molar-refractivity contribution in [2.45, 2.75) is 12.7 Å². The molecule has 2 aromatic heterocycles. The molecule has 0 amide bonds. The number of nitrogens with zero attached hydrogens (tertiary/aromatic N) is 4. The summed E-state index contributed by atoms with van der Waals surface area (Å²) in [6.45, 7) is 11.7. The standard InChI is InChI=1S/C26H25F4N7/c1-15(31)11-37-14-18(10-34-37)22-8-9-33-25(35-21-6-4-20(5-7-21)26(28,29)30)23(22)24(32)19-12-36(13-19)17(3)16(2)27/h4-10,14,19,32H,1-3,11-13,31H2,(H,33,35). The summed E-state index contributed by atoms with van der Waals surface area (Å²) in [5.41, 5.74) is 7.93. The molecule has 0 bridgehead atoms. The van der Waals surface area contributed by atoms with Crippen LogP contribution in [0.25, 0.3) is 11.1 Å². The van der Waals surface area contributed by atoms with Crippen LogP contribution in [0.3, 0.4) is 0 Å². The van der Waals surface area contributed by atoms with Gasteiger partial charge in [0.1, 0.15) is 11.6 Å². The number of anilines is 2. The molecule has 4 rings (SSSR count). The van der Waals surface area contributed by atoms with Crippen molar-refractivity contribution < 1.29 is 17.6 Å². The third kappa shape index (κ3) is 5.55. The average Bonchev–Trinajstić information content (AvgIpc) is 3.25. The lowest BCUT2D eigenvalue weighted by Gasteiger charge is -2.42. The molecule has 0 unspecified atom stereocenters. The van der Waals surface area contributed by atoms with E-state index in [4.69, 9.17) is 11.1 Å². The van der Waals surface area contributed by atoms with Crippen LogP contribution in [-0.4, -0.2) is 38.5 Å². The van der Waals surface area contributed by atoms with Crippen molar-refractivity contribution >= 4 is 17.2 Å². The largest absolute Gasteiger partial charge is 0.416 e. The van der Waals surface area contributed by atoms with E-state index in [9.17, 15) is 17.6 Å². The maximum Gasteiger partial charge on any atom is 0.416 e. The molecule has 7 nitrogen and oxygen atoms in total. The van der Waals surface area contributed by atoms with Gasteiger partial charge in [-0.3, -0.25) is 4.68 Å². The zero-order valence-electron chi connectivity index (χ0n) is 19.8. The van der Waals surface area contributed by atoms with Crippen molar-refractivity contribution in [3.05, 3.63) is 97.0 Å². The van der Waals surface area contributed by atoms with E-state index in [-0.39, 0.29) is 17.3 Å². The summed E-state index contributed by atoms with van der Waals surface area (Å²) in [5, 5.41) is 16.3. The van der Waals surface area contributed by atoms with Crippen LogP contribution in [0.5, 0.6) is 0 Å². The number of hydrogen-bond acceptors (Lipinski definition) is 6. The van der Waals surface area contributed by atoms with Gasteiger partial charge in [-0.25, -0.2) is 9.37 Å². The highest BCUT2D eigenvalue weighted by atomic mass is 19.4. The van der Waals surface area contributed by atoms with Gasteiger partial charge < -0.3 is 21.4 Å². The number of nitrogens with one attached hydrogen (secondary N) is 2. The van der Waals surface area contributed by atoms with Crippen LogP contribution >= 0.6 is 0 Å². The van der Waals surface area contributed by atoms with Gasteiger partial charge in [-0.2, -0.15) is 18.3 Å². The summed E-state index contributed by atoms with van der Waals surface area (Å²) >= 11 is 0. The number of rotatable bonds is 9. The normalized spacial score (nSPS) is 13.7. The number of alkyl halides is 3. The first-order valence-electron chi connectivity index (χ1n) is 11.2. The number of allylic oxidation sites excluding steroid dienone is 2. The molecule has 4 N–H and O–H groups in total. The molecule has 0 saturated carbocycles. The van der Waals surface area contributed by atoms with Crippen LogP contribution in [0, 0.1) is 11.3 Å². The Bertz CT molecular complexity index is 1370.